The van der Waals surface area contributed by atoms with E-state index in [-0.39, 0.29) is 40.7 Å². The minimum atomic E-state index is -0.972. The number of ether oxygens (including phenoxy) is 1. The average Bonchev–Trinajstić information content (AvgIpc) is 3.30. The number of nitrogen functional groups attached to an aromatic ring is 1. The van der Waals surface area contributed by atoms with Gasteiger partial charge in [-0.05, 0) is 36.4 Å². The van der Waals surface area contributed by atoms with Crippen LogP contribution in [0, 0.1) is 5.82 Å². The van der Waals surface area contributed by atoms with Crippen LogP contribution in [0.1, 0.15) is 36.6 Å². The molecule has 1 aliphatic rings. The molecule has 10 nitrogen and oxygen atoms in total. The van der Waals surface area contributed by atoms with Crippen molar-refractivity contribution >= 4 is 23.4 Å². The summed E-state index contributed by atoms with van der Waals surface area (Å²) in [5.41, 5.74) is 5.82. The number of carbonyl (C=O) groups excluding carboxylic acids is 3. The number of carbonyl (C=O) groups is 3. The van der Waals surface area contributed by atoms with Crippen LogP contribution in [0.4, 0.5) is 10.2 Å². The number of pyridine rings is 1. The molecule has 4 rings (SSSR count). The molecule has 3 aromatic rings. The van der Waals surface area contributed by atoms with Crippen LogP contribution in [-0.4, -0.2) is 60.0 Å². The number of rotatable bonds is 7. The SMILES string of the molecule is COc1ccc(O)c(C(=O)c2ccc(C(=O)NC3CNC[C@H]3NC(=O)c3ccnc(N)c3)cc2)c1F. The number of ketones is 1. The molecule has 0 saturated carbocycles. The first-order chi connectivity index (χ1) is 17.3. The Morgan fingerprint density at radius 2 is 1.61 bits per heavy atom. The smallest absolute Gasteiger partial charge is 0.251 e. The Labute approximate surface area is 205 Å². The molecule has 6 N–H and O–H groups in total. The maximum Gasteiger partial charge on any atom is 0.251 e. The van der Waals surface area contributed by atoms with E-state index in [2.05, 4.69) is 20.9 Å². The Hall–Kier alpha value is -4.51. The molecule has 186 valence electrons. The van der Waals surface area contributed by atoms with Crippen LogP contribution in [0.5, 0.6) is 11.5 Å². The molecule has 2 atom stereocenters. The number of nitrogens with one attached hydrogen (secondary N) is 3. The van der Waals surface area contributed by atoms with Crippen molar-refractivity contribution in [3.05, 3.63) is 82.8 Å². The molecule has 0 bridgehead atoms. The second-order valence-electron chi connectivity index (χ2n) is 8.17. The summed E-state index contributed by atoms with van der Waals surface area (Å²) in [6.45, 7) is 0.903. The summed E-state index contributed by atoms with van der Waals surface area (Å²) in [5, 5.41) is 18.9. The van der Waals surface area contributed by atoms with E-state index in [1.807, 2.05) is 0 Å². The summed E-state index contributed by atoms with van der Waals surface area (Å²) in [6.07, 6.45) is 1.44. The number of phenols is 1. The van der Waals surface area contributed by atoms with Crippen LogP contribution in [0.15, 0.2) is 54.7 Å². The number of anilines is 1. The number of aromatic hydroxyl groups is 1. The number of hydrogen-bond acceptors (Lipinski definition) is 8. The minimum Gasteiger partial charge on any atom is -0.507 e. The molecule has 0 spiro atoms. The highest BCUT2D eigenvalue weighted by Gasteiger charge is 2.30. The van der Waals surface area contributed by atoms with Gasteiger partial charge in [-0.25, -0.2) is 9.37 Å². The number of aromatic nitrogens is 1. The van der Waals surface area contributed by atoms with Gasteiger partial charge in [0.15, 0.2) is 17.3 Å². The lowest BCUT2D eigenvalue weighted by atomic mass is 10.00. The van der Waals surface area contributed by atoms with E-state index < -0.39 is 28.8 Å². The molecule has 2 amide bonds. The minimum absolute atomic E-state index is 0.0818. The fourth-order valence-electron chi connectivity index (χ4n) is 3.91. The van der Waals surface area contributed by atoms with Gasteiger partial charge in [-0.2, -0.15) is 0 Å². The van der Waals surface area contributed by atoms with Gasteiger partial charge in [0, 0.05) is 36.0 Å². The molecule has 1 aromatic heterocycles. The maximum absolute atomic E-state index is 14.5. The number of hydrogen-bond donors (Lipinski definition) is 5. The largest absolute Gasteiger partial charge is 0.507 e. The fourth-order valence-corrected chi connectivity index (χ4v) is 3.91. The summed E-state index contributed by atoms with van der Waals surface area (Å²) in [5.74, 6) is -2.94. The van der Waals surface area contributed by atoms with Crippen molar-refractivity contribution < 1.29 is 28.6 Å². The summed E-state index contributed by atoms with van der Waals surface area (Å²) in [7, 11) is 1.25. The van der Waals surface area contributed by atoms with E-state index in [4.69, 9.17) is 10.5 Å². The highest BCUT2D eigenvalue weighted by molar-refractivity contribution is 6.11. The van der Waals surface area contributed by atoms with Crippen molar-refractivity contribution in [2.45, 2.75) is 12.1 Å². The zero-order valence-electron chi connectivity index (χ0n) is 19.2. The summed E-state index contributed by atoms with van der Waals surface area (Å²) < 4.78 is 19.4. The fraction of sp³-hybridized carbons (Fsp3) is 0.200. The molecule has 11 heteroatoms. The second-order valence-corrected chi connectivity index (χ2v) is 8.17. The predicted molar refractivity (Wildman–Crippen MR) is 129 cm³/mol. The van der Waals surface area contributed by atoms with Crippen molar-refractivity contribution in [3.63, 3.8) is 0 Å². The third-order valence-corrected chi connectivity index (χ3v) is 5.83. The van der Waals surface area contributed by atoms with E-state index in [0.29, 0.717) is 18.7 Å². The lowest BCUT2D eigenvalue weighted by Gasteiger charge is -2.21. The third kappa shape index (κ3) is 5.10. The number of nitrogens with zero attached hydrogens (tertiary/aromatic N) is 1. The molecule has 1 fully saturated rings. The van der Waals surface area contributed by atoms with Crippen molar-refractivity contribution in [1.29, 1.82) is 0 Å². The van der Waals surface area contributed by atoms with Gasteiger partial charge in [-0.3, -0.25) is 14.4 Å². The van der Waals surface area contributed by atoms with Gasteiger partial charge in [-0.15, -0.1) is 0 Å². The molecule has 0 aliphatic carbocycles. The normalized spacial score (nSPS) is 16.8. The van der Waals surface area contributed by atoms with Gasteiger partial charge in [-0.1, -0.05) is 12.1 Å². The number of halogens is 1. The molecular weight excluding hydrogens is 469 g/mol. The quantitative estimate of drug-likeness (QED) is 0.308. The Kier molecular flexibility index (Phi) is 7.11. The predicted octanol–water partition coefficient (Wildman–Crippen LogP) is 1.25. The molecule has 2 heterocycles. The van der Waals surface area contributed by atoms with Crippen LogP contribution in [0.2, 0.25) is 0 Å². The second kappa shape index (κ2) is 10.4. The van der Waals surface area contributed by atoms with Gasteiger partial charge in [0.05, 0.1) is 19.2 Å². The highest BCUT2D eigenvalue weighted by atomic mass is 19.1. The van der Waals surface area contributed by atoms with Gasteiger partial charge in [0.1, 0.15) is 17.1 Å². The van der Waals surface area contributed by atoms with Crippen LogP contribution in [-0.2, 0) is 0 Å². The summed E-state index contributed by atoms with van der Waals surface area (Å²) in [4.78, 5) is 42.0. The Balaban J connectivity index is 1.43. The van der Waals surface area contributed by atoms with Gasteiger partial charge < -0.3 is 31.5 Å². The van der Waals surface area contributed by atoms with E-state index >= 15 is 0 Å². The number of nitrogens with two attached hydrogens (primary N) is 1. The van der Waals surface area contributed by atoms with Gasteiger partial charge >= 0.3 is 0 Å². The zero-order chi connectivity index (χ0) is 25.8. The third-order valence-electron chi connectivity index (χ3n) is 5.83. The van der Waals surface area contributed by atoms with E-state index in [9.17, 15) is 23.9 Å². The average molecular weight is 493 g/mol. The summed E-state index contributed by atoms with van der Waals surface area (Å²) >= 11 is 0. The molecule has 2 aromatic carbocycles. The van der Waals surface area contributed by atoms with E-state index in [0.717, 1.165) is 0 Å². The van der Waals surface area contributed by atoms with Gasteiger partial charge in [0.25, 0.3) is 11.8 Å². The first-order valence-electron chi connectivity index (χ1n) is 11.0. The van der Waals surface area contributed by atoms with Crippen LogP contribution in [0.3, 0.4) is 0 Å². The van der Waals surface area contributed by atoms with Crippen molar-refractivity contribution in [3.8, 4) is 11.5 Å². The first kappa shape index (κ1) is 24.6. The Morgan fingerprint density at radius 3 is 2.22 bits per heavy atom. The van der Waals surface area contributed by atoms with Crippen LogP contribution < -0.4 is 26.4 Å². The number of methoxy groups -OCH3 is 1. The molecule has 0 radical (unpaired) electrons. The molecule has 1 unspecified atom stereocenters. The van der Waals surface area contributed by atoms with Crippen molar-refractivity contribution in [1.82, 2.24) is 20.9 Å². The number of amides is 2. The van der Waals surface area contributed by atoms with Crippen LogP contribution >= 0.6 is 0 Å². The maximum atomic E-state index is 14.5. The lowest BCUT2D eigenvalue weighted by molar-refractivity contribution is 0.0896. The monoisotopic (exact) mass is 493 g/mol. The standard InChI is InChI=1S/C25H24FN5O5/c1-36-19-7-6-18(32)21(22(19)26)23(33)13-2-4-14(5-3-13)24(34)30-16-11-28-12-17(16)31-25(35)15-8-9-29-20(27)10-15/h2-10,16-17,28,32H,11-12H2,1H3,(H2,27,29)(H,30,34)(H,31,35)/t16?,17-/m1/s1. The molecule has 1 saturated heterocycles. The molecule has 36 heavy (non-hydrogen) atoms. The van der Waals surface area contributed by atoms with Crippen LogP contribution in [0.25, 0.3) is 0 Å². The molecular formula is C25H24FN5O5. The Bertz CT molecular complexity index is 1310. The lowest BCUT2D eigenvalue weighted by Crippen LogP contribution is -2.51. The van der Waals surface area contributed by atoms with E-state index in [1.54, 1.807) is 6.07 Å². The number of benzene rings is 2. The number of phenolic OH excluding ortho intramolecular Hbond substituents is 1. The van der Waals surface area contributed by atoms with E-state index in [1.165, 1.54) is 55.8 Å². The molecule has 1 aliphatic heterocycles. The highest BCUT2D eigenvalue weighted by Crippen LogP contribution is 2.30. The van der Waals surface area contributed by atoms with Crippen molar-refractivity contribution in [2.75, 3.05) is 25.9 Å². The topological polar surface area (TPSA) is 156 Å². The van der Waals surface area contributed by atoms with Gasteiger partial charge in [0.2, 0.25) is 0 Å². The zero-order valence-corrected chi connectivity index (χ0v) is 19.2. The Morgan fingerprint density at radius 1 is 1.00 bits per heavy atom. The summed E-state index contributed by atoms with van der Waals surface area (Å²) in [6, 6.07) is 10.2. The van der Waals surface area contributed by atoms with Crippen molar-refractivity contribution in [2.24, 2.45) is 0 Å². The first-order valence-corrected chi connectivity index (χ1v) is 11.0.